The van der Waals surface area contributed by atoms with E-state index in [2.05, 4.69) is 0 Å². The second kappa shape index (κ2) is 2.46. The van der Waals surface area contributed by atoms with Crippen molar-refractivity contribution in [2.75, 3.05) is 12.5 Å². The maximum atomic E-state index is 10.7. The lowest BCUT2D eigenvalue weighted by Gasteiger charge is -2.33. The van der Waals surface area contributed by atoms with E-state index in [1.54, 1.807) is 0 Å². The number of amides is 1. The molecule has 0 spiro atoms. The standard InChI is InChI=1S/C5H6ClNO3/c6-2-7-1-3(4(7)8)5(9)10/h3H,1-2H2,(H,9,10). The molecule has 0 aliphatic carbocycles. The first-order valence-electron chi connectivity index (χ1n) is 2.74. The normalized spacial score (nSPS) is 24.3. The number of carboxylic acids is 1. The van der Waals surface area contributed by atoms with Crippen LogP contribution in [-0.4, -0.2) is 34.4 Å². The summed E-state index contributed by atoms with van der Waals surface area (Å²) in [6.45, 7) is 0.248. The highest BCUT2D eigenvalue weighted by Crippen LogP contribution is 2.17. The van der Waals surface area contributed by atoms with Crippen molar-refractivity contribution in [2.24, 2.45) is 5.92 Å². The number of likely N-dealkylation sites (tertiary alicyclic amines) is 1. The summed E-state index contributed by atoms with van der Waals surface area (Å²) in [7, 11) is 0. The van der Waals surface area contributed by atoms with E-state index in [-0.39, 0.29) is 18.5 Å². The molecule has 10 heavy (non-hydrogen) atoms. The molecule has 1 amide bonds. The fourth-order valence-corrected chi connectivity index (χ4v) is 1.00. The zero-order valence-electron chi connectivity index (χ0n) is 5.08. The molecule has 5 heteroatoms. The number of alkyl halides is 1. The maximum absolute atomic E-state index is 10.7. The van der Waals surface area contributed by atoms with Crippen LogP contribution in [-0.2, 0) is 9.59 Å². The minimum Gasteiger partial charge on any atom is -0.481 e. The first-order valence-corrected chi connectivity index (χ1v) is 3.28. The molecule has 1 N–H and O–H groups in total. The third-order valence-corrected chi connectivity index (χ3v) is 1.74. The molecule has 1 atom stereocenters. The fourth-order valence-electron chi connectivity index (χ4n) is 0.788. The van der Waals surface area contributed by atoms with Gasteiger partial charge >= 0.3 is 5.97 Å². The lowest BCUT2D eigenvalue weighted by atomic mass is 10.0. The third kappa shape index (κ3) is 0.945. The maximum Gasteiger partial charge on any atom is 0.317 e. The molecule has 0 aromatic heterocycles. The largest absolute Gasteiger partial charge is 0.481 e. The molecular weight excluding hydrogens is 158 g/mol. The predicted molar refractivity (Wildman–Crippen MR) is 33.6 cm³/mol. The van der Waals surface area contributed by atoms with Crippen molar-refractivity contribution in [3.05, 3.63) is 0 Å². The van der Waals surface area contributed by atoms with E-state index in [0.29, 0.717) is 0 Å². The van der Waals surface area contributed by atoms with Gasteiger partial charge in [-0.25, -0.2) is 0 Å². The summed E-state index contributed by atoms with van der Waals surface area (Å²) in [4.78, 5) is 22.1. The van der Waals surface area contributed by atoms with Crippen LogP contribution in [0, 0.1) is 5.92 Å². The zero-order chi connectivity index (χ0) is 7.72. The molecule has 1 unspecified atom stereocenters. The van der Waals surface area contributed by atoms with Crippen molar-refractivity contribution >= 4 is 23.5 Å². The molecule has 1 rings (SSSR count). The number of halogens is 1. The Morgan fingerprint density at radius 1 is 1.90 bits per heavy atom. The van der Waals surface area contributed by atoms with Gasteiger partial charge in [0, 0.05) is 6.54 Å². The Kier molecular flexibility index (Phi) is 1.80. The molecule has 0 bridgehead atoms. The highest BCUT2D eigenvalue weighted by Gasteiger charge is 2.41. The van der Waals surface area contributed by atoms with Gasteiger partial charge in [-0.1, -0.05) is 0 Å². The monoisotopic (exact) mass is 163 g/mol. The molecule has 56 valence electrons. The predicted octanol–water partition coefficient (Wildman–Crippen LogP) is -0.274. The second-order valence-electron chi connectivity index (χ2n) is 2.07. The van der Waals surface area contributed by atoms with Crippen molar-refractivity contribution in [1.82, 2.24) is 4.90 Å². The Morgan fingerprint density at radius 2 is 2.50 bits per heavy atom. The van der Waals surface area contributed by atoms with Crippen LogP contribution in [0.3, 0.4) is 0 Å². The molecule has 0 aromatic rings. The molecular formula is C5H6ClNO3. The second-order valence-corrected chi connectivity index (χ2v) is 2.31. The van der Waals surface area contributed by atoms with Crippen LogP contribution in [0.15, 0.2) is 0 Å². The molecule has 4 nitrogen and oxygen atoms in total. The van der Waals surface area contributed by atoms with Gasteiger partial charge in [0.05, 0.1) is 6.00 Å². The molecule has 0 radical (unpaired) electrons. The van der Waals surface area contributed by atoms with Gasteiger partial charge in [0.15, 0.2) is 5.92 Å². The van der Waals surface area contributed by atoms with E-state index in [9.17, 15) is 9.59 Å². The Morgan fingerprint density at radius 3 is 2.80 bits per heavy atom. The Bertz CT molecular complexity index is 182. The lowest BCUT2D eigenvalue weighted by Crippen LogP contribution is -2.54. The number of hydrogen-bond acceptors (Lipinski definition) is 2. The number of carboxylic acid groups (broad SMARTS) is 1. The minimum absolute atomic E-state index is 0.0859. The van der Waals surface area contributed by atoms with E-state index in [4.69, 9.17) is 16.7 Å². The Hall–Kier alpha value is -0.770. The van der Waals surface area contributed by atoms with Gasteiger partial charge in [0.25, 0.3) is 0 Å². The molecule has 1 heterocycles. The number of rotatable bonds is 2. The van der Waals surface area contributed by atoms with Gasteiger partial charge in [-0.15, -0.1) is 11.6 Å². The van der Waals surface area contributed by atoms with Gasteiger partial charge in [-0.3, -0.25) is 9.59 Å². The van der Waals surface area contributed by atoms with Gasteiger partial charge in [-0.2, -0.15) is 0 Å². The summed E-state index contributed by atoms with van der Waals surface area (Å²) in [5.74, 6) is -2.30. The van der Waals surface area contributed by atoms with Crippen LogP contribution in [0.4, 0.5) is 0 Å². The van der Waals surface area contributed by atoms with Crippen LogP contribution < -0.4 is 0 Å². The summed E-state index contributed by atoms with van der Waals surface area (Å²) >= 11 is 5.28. The lowest BCUT2D eigenvalue weighted by molar-refractivity contribution is -0.160. The average Bonchev–Trinajstić information content (AvgIpc) is 1.85. The molecule has 1 aliphatic rings. The first-order chi connectivity index (χ1) is 4.66. The van der Waals surface area contributed by atoms with Crippen molar-refractivity contribution in [2.45, 2.75) is 0 Å². The summed E-state index contributed by atoms with van der Waals surface area (Å²) < 4.78 is 0. The van der Waals surface area contributed by atoms with Crippen molar-refractivity contribution in [1.29, 1.82) is 0 Å². The van der Waals surface area contributed by atoms with Crippen LogP contribution >= 0.6 is 11.6 Å². The van der Waals surface area contributed by atoms with E-state index in [1.165, 1.54) is 4.90 Å². The van der Waals surface area contributed by atoms with Gasteiger partial charge in [-0.05, 0) is 0 Å². The average molecular weight is 164 g/mol. The number of hydrogen-bond donors (Lipinski definition) is 1. The third-order valence-electron chi connectivity index (χ3n) is 1.46. The van der Waals surface area contributed by atoms with E-state index < -0.39 is 11.9 Å². The quantitative estimate of drug-likeness (QED) is 0.264. The Balaban J connectivity index is 2.47. The van der Waals surface area contributed by atoms with Crippen LogP contribution in [0.5, 0.6) is 0 Å². The van der Waals surface area contributed by atoms with Crippen molar-refractivity contribution < 1.29 is 14.7 Å². The molecule has 0 saturated carbocycles. The van der Waals surface area contributed by atoms with Crippen molar-refractivity contribution in [3.8, 4) is 0 Å². The first kappa shape index (κ1) is 7.34. The number of nitrogens with zero attached hydrogens (tertiary/aromatic N) is 1. The smallest absolute Gasteiger partial charge is 0.317 e. The fraction of sp³-hybridized carbons (Fsp3) is 0.600. The number of β-lactam (4-membered cyclic amide) rings is 1. The summed E-state index contributed by atoms with van der Waals surface area (Å²) in [6.07, 6.45) is 0. The van der Waals surface area contributed by atoms with Gasteiger partial charge in [0.2, 0.25) is 5.91 Å². The molecule has 1 saturated heterocycles. The van der Waals surface area contributed by atoms with Crippen LogP contribution in [0.25, 0.3) is 0 Å². The molecule has 1 aliphatic heterocycles. The summed E-state index contributed by atoms with van der Waals surface area (Å²) in [5.41, 5.74) is 0. The SMILES string of the molecule is O=C(O)C1CN(CCl)C1=O. The van der Waals surface area contributed by atoms with Gasteiger partial charge < -0.3 is 10.0 Å². The number of carbonyl (C=O) groups is 2. The Labute approximate surface area is 62.4 Å². The van der Waals surface area contributed by atoms with E-state index in [0.717, 1.165) is 0 Å². The van der Waals surface area contributed by atoms with Crippen LogP contribution in [0.1, 0.15) is 0 Å². The highest BCUT2D eigenvalue weighted by atomic mass is 35.5. The number of aliphatic carboxylic acids is 1. The summed E-state index contributed by atoms with van der Waals surface area (Å²) in [5, 5.41) is 8.33. The van der Waals surface area contributed by atoms with Crippen molar-refractivity contribution in [3.63, 3.8) is 0 Å². The highest BCUT2D eigenvalue weighted by molar-refractivity contribution is 6.19. The number of carbonyl (C=O) groups excluding carboxylic acids is 1. The van der Waals surface area contributed by atoms with Gasteiger partial charge in [0.1, 0.15) is 0 Å². The molecule has 0 aromatic carbocycles. The minimum atomic E-state index is -1.06. The summed E-state index contributed by atoms with van der Waals surface area (Å²) in [6, 6.07) is 0.0859. The van der Waals surface area contributed by atoms with Crippen LogP contribution in [0.2, 0.25) is 0 Å². The topological polar surface area (TPSA) is 57.6 Å². The zero-order valence-corrected chi connectivity index (χ0v) is 5.84. The van der Waals surface area contributed by atoms with E-state index in [1.807, 2.05) is 0 Å². The van der Waals surface area contributed by atoms with E-state index >= 15 is 0 Å². The molecule has 1 fully saturated rings.